The van der Waals surface area contributed by atoms with E-state index in [9.17, 15) is 23.5 Å². The first-order chi connectivity index (χ1) is 27.7. The highest BCUT2D eigenvalue weighted by molar-refractivity contribution is 5.92. The maximum atomic E-state index is 14.1. The van der Waals surface area contributed by atoms with Crippen molar-refractivity contribution < 1.29 is 28.2 Å². The van der Waals surface area contributed by atoms with Gasteiger partial charge in [0, 0.05) is 82.3 Å². The fourth-order valence-electron chi connectivity index (χ4n) is 8.74. The zero-order valence-electron chi connectivity index (χ0n) is 31.2. The number of aromatic carboxylic acids is 1. The van der Waals surface area contributed by atoms with Crippen molar-refractivity contribution in [3.8, 4) is 22.3 Å². The highest BCUT2D eigenvalue weighted by Crippen LogP contribution is 2.55. The van der Waals surface area contributed by atoms with Gasteiger partial charge < -0.3 is 19.6 Å². The molecule has 286 valence electrons. The van der Waals surface area contributed by atoms with Crippen LogP contribution in [-0.4, -0.2) is 57.2 Å². The van der Waals surface area contributed by atoms with E-state index in [2.05, 4.69) is 24.8 Å². The summed E-state index contributed by atoms with van der Waals surface area (Å²) in [7, 11) is 1.38. The lowest BCUT2D eigenvalue weighted by atomic mass is 9.65. The SMILES string of the molecule is COC(=O)c1ccc2c(c1)N(c1ncc(-c3ccccc3F)cn1)CC21CCC1.O=C(O)c1ccc2c(c1)N(c1ncc(-c3ccccc3F)cn1)CC21CCC1. The minimum Gasteiger partial charge on any atom is -0.478 e. The Balaban J connectivity index is 0.000000148. The Labute approximate surface area is 327 Å². The third kappa shape index (κ3) is 6.25. The second-order valence-electron chi connectivity index (χ2n) is 15.2. The second-order valence-corrected chi connectivity index (χ2v) is 15.2. The molecule has 0 bridgehead atoms. The van der Waals surface area contributed by atoms with Crippen molar-refractivity contribution >= 4 is 35.2 Å². The maximum absolute atomic E-state index is 14.1. The Kier molecular flexibility index (Phi) is 8.98. The number of benzene rings is 4. The van der Waals surface area contributed by atoms with Crippen LogP contribution >= 0.6 is 0 Å². The fraction of sp³-hybridized carbons (Fsp3) is 0.244. The number of hydrogen-bond donors (Lipinski definition) is 1. The minimum absolute atomic E-state index is 0.0555. The summed E-state index contributed by atoms with van der Waals surface area (Å²) in [6.45, 7) is 1.52. The van der Waals surface area contributed by atoms with Gasteiger partial charge in [-0.05, 0) is 73.2 Å². The fourth-order valence-corrected chi connectivity index (χ4v) is 8.74. The van der Waals surface area contributed by atoms with Gasteiger partial charge in [-0.3, -0.25) is 0 Å². The van der Waals surface area contributed by atoms with Gasteiger partial charge >= 0.3 is 11.9 Å². The van der Waals surface area contributed by atoms with Crippen molar-refractivity contribution in [3.63, 3.8) is 0 Å². The predicted molar refractivity (Wildman–Crippen MR) is 211 cm³/mol. The Bertz CT molecular complexity index is 2520. The Morgan fingerprint density at radius 3 is 1.44 bits per heavy atom. The van der Waals surface area contributed by atoms with E-state index in [1.165, 1.54) is 43.2 Å². The Morgan fingerprint density at radius 1 is 0.632 bits per heavy atom. The summed E-state index contributed by atoms with van der Waals surface area (Å²) < 4.78 is 33.0. The molecule has 12 heteroatoms. The second kappa shape index (κ2) is 14.2. The van der Waals surface area contributed by atoms with Gasteiger partial charge in [0.15, 0.2) is 0 Å². The third-order valence-corrected chi connectivity index (χ3v) is 12.1. The molecule has 2 aliphatic carbocycles. The van der Waals surface area contributed by atoms with Gasteiger partial charge in [-0.1, -0.05) is 61.4 Å². The summed E-state index contributed by atoms with van der Waals surface area (Å²) in [5, 5.41) is 9.38. The molecule has 2 fully saturated rings. The van der Waals surface area contributed by atoms with Crippen LogP contribution in [0.15, 0.2) is 110 Å². The van der Waals surface area contributed by atoms with Crippen molar-refractivity contribution in [3.05, 3.63) is 144 Å². The van der Waals surface area contributed by atoms with Gasteiger partial charge in [0.25, 0.3) is 0 Å². The summed E-state index contributed by atoms with van der Waals surface area (Å²) in [4.78, 5) is 45.5. The molecule has 2 aliphatic heterocycles. The van der Waals surface area contributed by atoms with Crippen LogP contribution in [-0.2, 0) is 15.6 Å². The number of methoxy groups -OCH3 is 1. The van der Waals surface area contributed by atoms with E-state index < -0.39 is 5.97 Å². The van der Waals surface area contributed by atoms with Crippen molar-refractivity contribution in [2.45, 2.75) is 49.4 Å². The number of carbonyl (C=O) groups is 2. The van der Waals surface area contributed by atoms with Crippen molar-refractivity contribution in [1.29, 1.82) is 0 Å². The third-order valence-electron chi connectivity index (χ3n) is 12.1. The van der Waals surface area contributed by atoms with E-state index in [1.54, 1.807) is 73.3 Å². The lowest BCUT2D eigenvalue weighted by molar-refractivity contribution is 0.0599. The molecule has 4 aromatic carbocycles. The van der Waals surface area contributed by atoms with Gasteiger partial charge in [0.05, 0.1) is 18.2 Å². The number of anilines is 4. The minimum atomic E-state index is -0.951. The molecule has 1 N–H and O–H groups in total. The summed E-state index contributed by atoms with van der Waals surface area (Å²) in [6, 6.07) is 24.2. The molecule has 0 atom stereocenters. The first-order valence-electron chi connectivity index (χ1n) is 19.0. The number of carbonyl (C=O) groups excluding carboxylic acids is 1. The number of aromatic nitrogens is 4. The van der Waals surface area contributed by atoms with E-state index in [4.69, 9.17) is 4.74 Å². The summed E-state index contributed by atoms with van der Waals surface area (Å²) in [5.41, 5.74) is 7.31. The molecule has 0 radical (unpaired) electrons. The van der Waals surface area contributed by atoms with Crippen LogP contribution in [0.3, 0.4) is 0 Å². The number of carboxylic acids is 1. The molecule has 6 aromatic rings. The molecule has 10 nitrogen and oxygen atoms in total. The lowest BCUT2D eigenvalue weighted by Gasteiger charge is -2.39. The van der Waals surface area contributed by atoms with Gasteiger partial charge in [-0.2, -0.15) is 0 Å². The zero-order chi connectivity index (χ0) is 39.3. The van der Waals surface area contributed by atoms with Crippen LogP contribution in [0.1, 0.15) is 70.4 Å². The summed E-state index contributed by atoms with van der Waals surface area (Å²) >= 11 is 0. The molecule has 4 aliphatic rings. The van der Waals surface area contributed by atoms with E-state index in [0.717, 1.165) is 50.1 Å². The number of carboxylic acid groups (broad SMARTS) is 1. The molecular formula is C45H38F2N6O4. The average molecular weight is 765 g/mol. The van der Waals surface area contributed by atoms with Gasteiger partial charge in [0.1, 0.15) is 11.6 Å². The molecule has 2 saturated carbocycles. The van der Waals surface area contributed by atoms with Crippen LogP contribution in [0, 0.1) is 11.6 Å². The monoisotopic (exact) mass is 764 g/mol. The topological polar surface area (TPSA) is 122 Å². The van der Waals surface area contributed by atoms with E-state index in [1.807, 2.05) is 29.2 Å². The van der Waals surface area contributed by atoms with E-state index in [0.29, 0.717) is 39.7 Å². The van der Waals surface area contributed by atoms with Gasteiger partial charge in [0.2, 0.25) is 11.9 Å². The van der Waals surface area contributed by atoms with Crippen LogP contribution < -0.4 is 9.80 Å². The van der Waals surface area contributed by atoms with Gasteiger partial charge in [-0.15, -0.1) is 0 Å². The molecule has 2 aromatic heterocycles. The van der Waals surface area contributed by atoms with Gasteiger partial charge in [-0.25, -0.2) is 38.3 Å². The maximum Gasteiger partial charge on any atom is 0.337 e. The Morgan fingerprint density at radius 2 is 1.05 bits per heavy atom. The zero-order valence-corrected chi connectivity index (χ0v) is 31.2. The number of rotatable bonds is 6. The standard InChI is InChI=1S/C23H20FN3O2.C22H18FN3O2/c1-29-21(28)15-7-8-18-20(11-15)27(14-23(18)9-4-10-23)22-25-12-16(13-26-22)17-5-2-3-6-19(17)24;23-18-5-2-1-4-16(18)15-11-24-21(25-12-15)26-13-22(8-3-9-22)17-7-6-14(20(27)28)10-19(17)26/h2-3,5-8,11-13H,4,9-10,14H2,1H3;1-2,4-7,10-12H,3,8-9,13H2,(H,27,28). The number of fused-ring (bicyclic) bond motifs is 4. The summed E-state index contributed by atoms with van der Waals surface area (Å²) in [5.74, 6) is -0.868. The Hall–Kier alpha value is -6.56. The number of nitrogens with zero attached hydrogens (tertiary/aromatic N) is 6. The lowest BCUT2D eigenvalue weighted by Crippen LogP contribution is -2.38. The molecule has 57 heavy (non-hydrogen) atoms. The molecule has 0 amide bonds. The number of esters is 1. The molecular weight excluding hydrogens is 727 g/mol. The van der Waals surface area contributed by atoms with Crippen LogP contribution in [0.5, 0.6) is 0 Å². The van der Waals surface area contributed by atoms with Crippen molar-refractivity contribution in [1.82, 2.24) is 19.9 Å². The number of hydrogen-bond acceptors (Lipinski definition) is 9. The first-order valence-corrected chi connectivity index (χ1v) is 19.0. The van der Waals surface area contributed by atoms with Crippen LogP contribution in [0.4, 0.5) is 32.1 Å². The molecule has 2 spiro atoms. The van der Waals surface area contributed by atoms with E-state index in [-0.39, 0.29) is 34.0 Å². The predicted octanol–water partition coefficient (Wildman–Crippen LogP) is 9.20. The first kappa shape index (κ1) is 36.1. The van der Waals surface area contributed by atoms with Crippen LogP contribution in [0.25, 0.3) is 22.3 Å². The molecule has 0 saturated heterocycles. The molecule has 4 heterocycles. The highest BCUT2D eigenvalue weighted by Gasteiger charge is 2.49. The van der Waals surface area contributed by atoms with E-state index >= 15 is 0 Å². The average Bonchev–Trinajstić information content (AvgIpc) is 3.76. The quantitative estimate of drug-likeness (QED) is 0.164. The molecule has 10 rings (SSSR count). The molecule has 0 unspecified atom stereocenters. The van der Waals surface area contributed by atoms with Crippen LogP contribution in [0.2, 0.25) is 0 Å². The normalized spacial score (nSPS) is 16.5. The van der Waals surface area contributed by atoms with Crippen molar-refractivity contribution in [2.75, 3.05) is 30.0 Å². The van der Waals surface area contributed by atoms with Crippen molar-refractivity contribution in [2.24, 2.45) is 0 Å². The number of halogens is 2. The highest BCUT2D eigenvalue weighted by atomic mass is 19.1. The summed E-state index contributed by atoms with van der Waals surface area (Å²) in [6.07, 6.45) is 13.3. The largest absolute Gasteiger partial charge is 0.478 e. The number of ether oxygens (including phenoxy) is 1. The smallest absolute Gasteiger partial charge is 0.337 e.